The lowest BCUT2D eigenvalue weighted by molar-refractivity contribution is 0.456. The van der Waals surface area contributed by atoms with E-state index in [2.05, 4.69) is 0 Å². The summed E-state index contributed by atoms with van der Waals surface area (Å²) in [5.41, 5.74) is 0.559. The fourth-order valence-corrected chi connectivity index (χ4v) is 3.44. The fourth-order valence-electron chi connectivity index (χ4n) is 1.80. The monoisotopic (exact) mass is 327 g/mol. The molecule has 0 fully saturated rings. The van der Waals surface area contributed by atoms with Crippen molar-refractivity contribution in [1.82, 2.24) is 0 Å². The predicted molar refractivity (Wildman–Crippen MR) is 70.0 cm³/mol. The van der Waals surface area contributed by atoms with Crippen molar-refractivity contribution in [1.29, 1.82) is 0 Å². The zero-order valence-corrected chi connectivity index (χ0v) is 12.1. The summed E-state index contributed by atoms with van der Waals surface area (Å²) in [5, 5.41) is -1.25. The summed E-state index contributed by atoms with van der Waals surface area (Å²) in [6, 6.07) is 0. The van der Waals surface area contributed by atoms with Crippen molar-refractivity contribution < 1.29 is 21.8 Å². The molecule has 110 valence electrons. The lowest BCUT2D eigenvalue weighted by Gasteiger charge is -2.29. The van der Waals surface area contributed by atoms with E-state index < -0.39 is 45.0 Å². The first-order chi connectivity index (χ1) is 9.25. The molecule has 0 amide bonds. The summed E-state index contributed by atoms with van der Waals surface area (Å²) in [5.74, 6) is -6.62. The third-order valence-electron chi connectivity index (χ3n) is 3.13. The molecule has 1 aliphatic rings. The molecule has 2 rings (SSSR count). The first-order valence-corrected chi connectivity index (χ1v) is 7.23. The van der Waals surface area contributed by atoms with Crippen molar-refractivity contribution in [3.63, 3.8) is 0 Å². The average Bonchev–Trinajstić information content (AvgIpc) is 2.40. The predicted octanol–water partition coefficient (Wildman–Crippen LogP) is 3.72. The van der Waals surface area contributed by atoms with Crippen LogP contribution in [0.3, 0.4) is 0 Å². The lowest BCUT2D eigenvalue weighted by Crippen LogP contribution is -2.36. The van der Waals surface area contributed by atoms with E-state index in [0.717, 1.165) is 15.5 Å². The Morgan fingerprint density at radius 1 is 1.00 bits per heavy atom. The molecule has 0 saturated heterocycles. The van der Waals surface area contributed by atoms with E-state index in [1.54, 1.807) is 13.8 Å². The number of rotatable bonds is 1. The molecule has 0 bridgehead atoms. The Labute approximate surface area is 120 Å². The van der Waals surface area contributed by atoms with E-state index in [1.165, 1.54) is 0 Å². The van der Waals surface area contributed by atoms with Crippen LogP contribution in [-0.4, -0.2) is 16.5 Å². The summed E-state index contributed by atoms with van der Waals surface area (Å²) >= 11 is 5.15. The molecule has 1 heterocycles. The van der Waals surface area contributed by atoms with Crippen molar-refractivity contribution in [2.24, 2.45) is 0 Å². The number of halogens is 5. The second kappa shape index (κ2) is 5.37. The largest absolute Gasteiger partial charge is 0.282 e. The number of nitrogens with zero attached hydrogens (tertiary/aromatic N) is 1. The molecule has 20 heavy (non-hydrogen) atoms. The Morgan fingerprint density at radius 3 is 2.00 bits per heavy atom. The van der Waals surface area contributed by atoms with Gasteiger partial charge in [0.1, 0.15) is 21.7 Å². The van der Waals surface area contributed by atoms with Crippen LogP contribution in [0.2, 0.25) is 5.02 Å². The first-order valence-electron chi connectivity index (χ1n) is 5.58. The number of benzene rings is 1. The molecule has 1 atom stereocenters. The zero-order valence-electron chi connectivity index (χ0n) is 10.6. The second-order valence-electron chi connectivity index (χ2n) is 4.48. The van der Waals surface area contributed by atoms with Gasteiger partial charge in [0.2, 0.25) is 0 Å². The van der Waals surface area contributed by atoms with E-state index in [1.807, 2.05) is 0 Å². The van der Waals surface area contributed by atoms with Gasteiger partial charge < -0.3 is 0 Å². The Balaban J connectivity index is 2.63. The molecule has 8 heteroatoms. The third-order valence-corrected chi connectivity index (χ3v) is 4.95. The molecule has 0 N–H and O–H groups in total. The van der Waals surface area contributed by atoms with Crippen LogP contribution in [0.15, 0.2) is 11.1 Å². The smallest absolute Gasteiger partial charge is 0.187 e. The minimum atomic E-state index is -1.80. The minimum absolute atomic E-state index is 0.0522. The molecular formula is C12H10ClF4NOS. The van der Waals surface area contributed by atoms with E-state index >= 15 is 0 Å². The molecule has 2 nitrogen and oxygen atoms in total. The van der Waals surface area contributed by atoms with Crippen LogP contribution >= 0.6 is 11.6 Å². The topological polar surface area (TPSA) is 20.3 Å². The molecule has 1 unspecified atom stereocenters. The maximum atomic E-state index is 13.8. The average molecular weight is 328 g/mol. The van der Waals surface area contributed by atoms with Crippen molar-refractivity contribution in [2.75, 3.05) is 16.6 Å². The summed E-state index contributed by atoms with van der Waals surface area (Å²) in [6.07, 6.45) is 0. The Morgan fingerprint density at radius 2 is 1.50 bits per heavy atom. The van der Waals surface area contributed by atoms with Gasteiger partial charge in [-0.15, -0.1) is 0 Å². The van der Waals surface area contributed by atoms with Crippen molar-refractivity contribution >= 4 is 28.3 Å². The van der Waals surface area contributed by atoms with Crippen LogP contribution < -0.4 is 4.31 Å². The number of anilines is 1. The summed E-state index contributed by atoms with van der Waals surface area (Å²) in [4.78, 5) is 0. The van der Waals surface area contributed by atoms with Gasteiger partial charge in [-0.3, -0.25) is 4.31 Å². The van der Waals surface area contributed by atoms with Crippen LogP contribution in [0.5, 0.6) is 0 Å². The molecule has 1 aromatic rings. The van der Waals surface area contributed by atoms with Crippen LogP contribution in [0, 0.1) is 23.3 Å². The van der Waals surface area contributed by atoms with Gasteiger partial charge in [0, 0.05) is 0 Å². The van der Waals surface area contributed by atoms with Gasteiger partial charge in [-0.1, -0.05) is 22.7 Å². The second-order valence-corrected chi connectivity index (χ2v) is 6.23. The Hall–Kier alpha value is -1.08. The lowest BCUT2D eigenvalue weighted by atomic mass is 10.1. The molecule has 0 radical (unpaired) electrons. The van der Waals surface area contributed by atoms with Gasteiger partial charge in [-0.25, -0.2) is 21.8 Å². The highest BCUT2D eigenvalue weighted by Gasteiger charge is 2.32. The van der Waals surface area contributed by atoms with E-state index in [9.17, 15) is 21.8 Å². The molecular weight excluding hydrogens is 318 g/mol. The third kappa shape index (κ3) is 2.33. The van der Waals surface area contributed by atoms with E-state index in [0.29, 0.717) is 0 Å². The highest BCUT2D eigenvalue weighted by Crippen LogP contribution is 2.35. The van der Waals surface area contributed by atoms with Gasteiger partial charge in [0.25, 0.3) is 0 Å². The minimum Gasteiger partial charge on any atom is -0.282 e. The highest BCUT2D eigenvalue weighted by atomic mass is 35.5. The molecule has 0 saturated carbocycles. The van der Waals surface area contributed by atoms with E-state index in [4.69, 9.17) is 11.6 Å². The van der Waals surface area contributed by atoms with Crippen LogP contribution in [0.4, 0.5) is 23.2 Å². The van der Waals surface area contributed by atoms with Gasteiger partial charge in [-0.05, 0) is 13.8 Å². The van der Waals surface area contributed by atoms with Gasteiger partial charge in [-0.2, -0.15) is 0 Å². The van der Waals surface area contributed by atoms with Crippen LogP contribution in [-0.2, 0) is 11.0 Å². The number of hydrogen-bond donors (Lipinski definition) is 0. The summed E-state index contributed by atoms with van der Waals surface area (Å²) in [7, 11) is -1.80. The molecule has 1 aliphatic heterocycles. The standard InChI is InChI=1S/C12H10ClF4NOS/c1-5-3-18(20(19)4-6(5)2)12-10(16)8(14)7(13)9(15)11(12)17/h3-4H2,1-2H3. The van der Waals surface area contributed by atoms with Crippen LogP contribution in [0.25, 0.3) is 0 Å². The Kier molecular flexibility index (Phi) is 4.11. The Bertz CT molecular complexity index is 618. The van der Waals surface area contributed by atoms with Gasteiger partial charge >= 0.3 is 0 Å². The maximum Gasteiger partial charge on any atom is 0.187 e. The zero-order chi connectivity index (χ0) is 15.2. The maximum absolute atomic E-state index is 13.8. The SMILES string of the molecule is CC1=C(C)CS(=O)N(c2c(F)c(F)c(Cl)c(F)c2F)C1. The van der Waals surface area contributed by atoms with E-state index in [-0.39, 0.29) is 12.3 Å². The van der Waals surface area contributed by atoms with Crippen molar-refractivity contribution in [2.45, 2.75) is 13.8 Å². The molecule has 1 aromatic carbocycles. The quantitative estimate of drug-likeness (QED) is 0.333. The normalized spacial score (nSPS) is 19.8. The summed E-state index contributed by atoms with van der Waals surface area (Å²) in [6.45, 7) is 3.35. The fraction of sp³-hybridized carbons (Fsp3) is 0.333. The van der Waals surface area contributed by atoms with Gasteiger partial charge in [0.15, 0.2) is 23.3 Å². The molecule has 0 aromatic heterocycles. The summed E-state index contributed by atoms with van der Waals surface area (Å²) < 4.78 is 67.3. The number of hydrogen-bond acceptors (Lipinski definition) is 1. The van der Waals surface area contributed by atoms with Crippen LogP contribution in [0.1, 0.15) is 13.8 Å². The first kappa shape index (κ1) is 15.3. The molecule has 0 spiro atoms. The molecule has 0 aliphatic carbocycles. The highest BCUT2D eigenvalue weighted by molar-refractivity contribution is 7.86. The van der Waals surface area contributed by atoms with Crippen molar-refractivity contribution in [3.05, 3.63) is 39.4 Å². The van der Waals surface area contributed by atoms with Crippen molar-refractivity contribution in [3.8, 4) is 0 Å². The van der Waals surface area contributed by atoms with Gasteiger partial charge in [0.05, 0.1) is 12.3 Å².